The van der Waals surface area contributed by atoms with E-state index >= 15 is 0 Å². The summed E-state index contributed by atoms with van der Waals surface area (Å²) in [5, 5.41) is 2.48. The van der Waals surface area contributed by atoms with Gasteiger partial charge in [-0.15, -0.1) is 0 Å². The van der Waals surface area contributed by atoms with E-state index in [1.54, 1.807) is 13.0 Å². The molecule has 1 unspecified atom stereocenters. The van der Waals surface area contributed by atoms with E-state index in [1.807, 2.05) is 0 Å². The maximum atomic E-state index is 11.1. The highest BCUT2D eigenvalue weighted by atomic mass is 16.5. The van der Waals surface area contributed by atoms with Gasteiger partial charge in [0.15, 0.2) is 0 Å². The molecule has 12 heavy (non-hydrogen) atoms. The fourth-order valence-corrected chi connectivity index (χ4v) is 0.995. The second-order valence-electron chi connectivity index (χ2n) is 2.49. The van der Waals surface area contributed by atoms with Crippen molar-refractivity contribution in [3.8, 4) is 0 Å². The highest BCUT2D eigenvalue weighted by Crippen LogP contribution is 2.10. The van der Waals surface area contributed by atoms with Crippen LogP contribution in [0.15, 0.2) is 12.3 Å². The van der Waals surface area contributed by atoms with Crippen LogP contribution in [0.4, 0.5) is 0 Å². The van der Waals surface area contributed by atoms with Gasteiger partial charge in [-0.05, 0) is 6.92 Å². The average molecular weight is 169 g/mol. The number of amides is 1. The predicted molar refractivity (Wildman–Crippen MR) is 42.0 cm³/mol. The normalized spacial score (nSPS) is 21.8. The quantitative estimate of drug-likeness (QED) is 0.601. The second kappa shape index (κ2) is 3.90. The Kier molecular flexibility index (Phi) is 2.85. The number of carbonyl (C=O) groups is 2. The Bertz CT molecular complexity index is 222. The Morgan fingerprint density at radius 1 is 1.83 bits per heavy atom. The summed E-state index contributed by atoms with van der Waals surface area (Å²) in [7, 11) is 0. The van der Waals surface area contributed by atoms with Crippen molar-refractivity contribution in [1.82, 2.24) is 5.32 Å². The first-order chi connectivity index (χ1) is 5.74. The number of ether oxygens (including phenoxy) is 1. The molecule has 0 aromatic heterocycles. The van der Waals surface area contributed by atoms with Crippen LogP contribution in [0, 0.1) is 5.92 Å². The van der Waals surface area contributed by atoms with Crippen LogP contribution in [0.2, 0.25) is 0 Å². The summed E-state index contributed by atoms with van der Waals surface area (Å²) >= 11 is 0. The topological polar surface area (TPSA) is 55.4 Å². The van der Waals surface area contributed by atoms with E-state index in [2.05, 4.69) is 5.32 Å². The number of esters is 1. The molecule has 0 aromatic rings. The van der Waals surface area contributed by atoms with Crippen LogP contribution in [-0.2, 0) is 14.3 Å². The molecule has 0 radical (unpaired) electrons. The zero-order valence-corrected chi connectivity index (χ0v) is 6.87. The molecule has 1 N–H and O–H groups in total. The lowest BCUT2D eigenvalue weighted by Crippen LogP contribution is -2.29. The molecule has 66 valence electrons. The number of rotatable bonds is 2. The van der Waals surface area contributed by atoms with Crippen LogP contribution in [-0.4, -0.2) is 18.5 Å². The van der Waals surface area contributed by atoms with Crippen molar-refractivity contribution < 1.29 is 14.3 Å². The molecule has 4 nitrogen and oxygen atoms in total. The number of carbonyl (C=O) groups excluding carboxylic acids is 2. The van der Waals surface area contributed by atoms with Gasteiger partial charge in [-0.2, -0.15) is 0 Å². The molecule has 0 bridgehead atoms. The third kappa shape index (κ3) is 2.08. The summed E-state index contributed by atoms with van der Waals surface area (Å²) in [5.41, 5.74) is 0. The minimum Gasteiger partial charge on any atom is -0.466 e. The standard InChI is InChI=1S/C8H11NO3/c1-2-12-8(11)6-3-4-9-7(10)5-6/h3-4,6H,2,5H2,1H3,(H,9,10). The first-order valence-electron chi connectivity index (χ1n) is 3.86. The van der Waals surface area contributed by atoms with Gasteiger partial charge in [-0.3, -0.25) is 9.59 Å². The molecule has 0 saturated carbocycles. The molecule has 0 aliphatic carbocycles. The molecule has 1 atom stereocenters. The number of hydrogen-bond acceptors (Lipinski definition) is 3. The van der Waals surface area contributed by atoms with Crippen LogP contribution in [0.5, 0.6) is 0 Å². The Morgan fingerprint density at radius 3 is 3.17 bits per heavy atom. The number of nitrogens with one attached hydrogen (secondary N) is 1. The zero-order chi connectivity index (χ0) is 8.97. The molecular formula is C8H11NO3. The first-order valence-corrected chi connectivity index (χ1v) is 3.86. The van der Waals surface area contributed by atoms with E-state index < -0.39 is 5.92 Å². The monoisotopic (exact) mass is 169 g/mol. The van der Waals surface area contributed by atoms with Crippen LogP contribution < -0.4 is 5.32 Å². The van der Waals surface area contributed by atoms with E-state index in [9.17, 15) is 9.59 Å². The largest absolute Gasteiger partial charge is 0.466 e. The van der Waals surface area contributed by atoms with Gasteiger partial charge in [0, 0.05) is 12.6 Å². The molecule has 0 saturated heterocycles. The summed E-state index contributed by atoms with van der Waals surface area (Å²) in [4.78, 5) is 21.9. The highest BCUT2D eigenvalue weighted by molar-refractivity contribution is 5.86. The third-order valence-electron chi connectivity index (χ3n) is 1.57. The van der Waals surface area contributed by atoms with Gasteiger partial charge >= 0.3 is 5.97 Å². The van der Waals surface area contributed by atoms with Gasteiger partial charge in [0.2, 0.25) is 5.91 Å². The molecule has 0 aromatic carbocycles. The minimum absolute atomic E-state index is 0.143. The Labute approximate surface area is 70.6 Å². The van der Waals surface area contributed by atoms with E-state index in [-0.39, 0.29) is 18.3 Å². The summed E-state index contributed by atoms with van der Waals surface area (Å²) < 4.78 is 4.76. The molecule has 1 heterocycles. The molecule has 1 rings (SSSR count). The minimum atomic E-state index is -0.404. The van der Waals surface area contributed by atoms with Crippen molar-refractivity contribution >= 4 is 11.9 Å². The molecular weight excluding hydrogens is 158 g/mol. The fraction of sp³-hybridized carbons (Fsp3) is 0.500. The zero-order valence-electron chi connectivity index (χ0n) is 6.87. The second-order valence-corrected chi connectivity index (χ2v) is 2.49. The SMILES string of the molecule is CCOC(=O)C1C=CNC(=O)C1. The van der Waals surface area contributed by atoms with Crippen LogP contribution in [0.1, 0.15) is 13.3 Å². The van der Waals surface area contributed by atoms with Gasteiger partial charge in [-0.1, -0.05) is 6.08 Å². The van der Waals surface area contributed by atoms with Crippen molar-refractivity contribution in [2.75, 3.05) is 6.61 Å². The van der Waals surface area contributed by atoms with Gasteiger partial charge in [0.25, 0.3) is 0 Å². The van der Waals surface area contributed by atoms with Crippen molar-refractivity contribution in [1.29, 1.82) is 0 Å². The molecule has 1 aliphatic heterocycles. The Hall–Kier alpha value is -1.32. The van der Waals surface area contributed by atoms with Gasteiger partial charge < -0.3 is 10.1 Å². The van der Waals surface area contributed by atoms with Crippen molar-refractivity contribution in [2.24, 2.45) is 5.92 Å². The van der Waals surface area contributed by atoms with E-state index in [0.29, 0.717) is 6.61 Å². The summed E-state index contributed by atoms with van der Waals surface area (Å²) in [6.45, 7) is 2.09. The Morgan fingerprint density at radius 2 is 2.58 bits per heavy atom. The third-order valence-corrected chi connectivity index (χ3v) is 1.57. The van der Waals surface area contributed by atoms with Gasteiger partial charge in [-0.25, -0.2) is 0 Å². The van der Waals surface area contributed by atoms with E-state index in [0.717, 1.165) is 0 Å². The molecule has 1 amide bonds. The van der Waals surface area contributed by atoms with E-state index in [1.165, 1.54) is 6.20 Å². The maximum Gasteiger partial charge on any atom is 0.313 e. The maximum absolute atomic E-state index is 11.1. The fourth-order valence-electron chi connectivity index (χ4n) is 0.995. The van der Waals surface area contributed by atoms with Crippen molar-refractivity contribution in [3.05, 3.63) is 12.3 Å². The lowest BCUT2D eigenvalue weighted by atomic mass is 10.0. The Balaban J connectivity index is 2.51. The summed E-state index contributed by atoms with van der Waals surface area (Å²) in [6, 6.07) is 0. The van der Waals surface area contributed by atoms with Gasteiger partial charge in [0.05, 0.1) is 12.5 Å². The van der Waals surface area contributed by atoms with Crippen molar-refractivity contribution in [2.45, 2.75) is 13.3 Å². The number of hydrogen-bond donors (Lipinski definition) is 1. The highest BCUT2D eigenvalue weighted by Gasteiger charge is 2.22. The smallest absolute Gasteiger partial charge is 0.313 e. The molecule has 0 fully saturated rings. The van der Waals surface area contributed by atoms with Crippen molar-refractivity contribution in [3.63, 3.8) is 0 Å². The van der Waals surface area contributed by atoms with Crippen LogP contribution in [0.25, 0.3) is 0 Å². The van der Waals surface area contributed by atoms with Crippen LogP contribution >= 0.6 is 0 Å². The lowest BCUT2D eigenvalue weighted by Gasteiger charge is -2.14. The summed E-state index contributed by atoms with van der Waals surface area (Å²) in [6.07, 6.45) is 3.31. The van der Waals surface area contributed by atoms with E-state index in [4.69, 9.17) is 4.74 Å². The summed E-state index contributed by atoms with van der Waals surface area (Å²) in [5.74, 6) is -0.877. The average Bonchev–Trinajstić information content (AvgIpc) is 2.05. The predicted octanol–water partition coefficient (Wildman–Crippen LogP) is 0.199. The first kappa shape index (κ1) is 8.77. The van der Waals surface area contributed by atoms with Gasteiger partial charge in [0.1, 0.15) is 0 Å². The molecule has 0 spiro atoms. The lowest BCUT2D eigenvalue weighted by molar-refractivity contribution is -0.148. The molecule has 1 aliphatic rings. The van der Waals surface area contributed by atoms with Crippen LogP contribution in [0.3, 0.4) is 0 Å². The molecule has 4 heteroatoms.